The second-order valence-corrected chi connectivity index (χ2v) is 11.1. The van der Waals surface area contributed by atoms with Crippen LogP contribution in [0.1, 0.15) is 60.0 Å². The zero-order valence-electron chi connectivity index (χ0n) is 21.0. The van der Waals surface area contributed by atoms with Crippen LogP contribution in [0, 0.1) is 5.92 Å². The average Bonchev–Trinajstić information content (AvgIpc) is 3.34. The minimum atomic E-state index is -0.0420. The Balaban J connectivity index is 1.08. The normalized spacial score (nSPS) is 18.5. The molecule has 0 unspecified atom stereocenters. The monoisotopic (exact) mass is 523 g/mol. The van der Waals surface area contributed by atoms with Gasteiger partial charge in [-0.05, 0) is 86.4 Å². The highest BCUT2D eigenvalue weighted by molar-refractivity contribution is 6.42. The molecule has 0 spiro atoms. The van der Waals surface area contributed by atoms with Crippen LogP contribution in [0.2, 0.25) is 10.0 Å². The van der Waals surface area contributed by atoms with Crippen LogP contribution in [-0.4, -0.2) is 53.3 Å². The van der Waals surface area contributed by atoms with E-state index in [-0.39, 0.29) is 5.78 Å². The summed E-state index contributed by atoms with van der Waals surface area (Å²) in [6, 6.07) is 11.7. The lowest BCUT2D eigenvalue weighted by atomic mass is 9.88. The maximum absolute atomic E-state index is 12.5. The molecule has 6 heteroatoms. The van der Waals surface area contributed by atoms with E-state index in [0.717, 1.165) is 25.4 Å². The minimum Gasteiger partial charge on any atom is -0.377 e. The van der Waals surface area contributed by atoms with E-state index in [1.54, 1.807) is 24.3 Å². The molecule has 36 heavy (non-hydrogen) atoms. The van der Waals surface area contributed by atoms with Crippen molar-refractivity contribution < 1.29 is 4.79 Å². The summed E-state index contributed by atoms with van der Waals surface area (Å²) in [6.45, 7) is 7.79. The number of nitrogens with zero attached hydrogens (tertiary/aromatic N) is 2. The first-order valence-corrected chi connectivity index (χ1v) is 14.0. The third-order valence-corrected chi connectivity index (χ3v) is 8.79. The lowest BCUT2D eigenvalue weighted by Gasteiger charge is -2.37. The molecule has 1 aromatic heterocycles. The molecule has 1 N–H and O–H groups in total. The fourth-order valence-electron chi connectivity index (χ4n) is 5.87. The highest BCUT2D eigenvalue weighted by atomic mass is 35.5. The summed E-state index contributed by atoms with van der Waals surface area (Å²) < 4.78 is 0. The molecule has 0 aliphatic carbocycles. The van der Waals surface area contributed by atoms with Crippen LogP contribution in [0.4, 0.5) is 0 Å². The number of hydrogen-bond acceptors (Lipinski definition) is 3. The Hall–Kier alpha value is -2.27. The number of carbonyl (C=O) groups is 1. The molecule has 3 heterocycles. The van der Waals surface area contributed by atoms with Crippen molar-refractivity contribution in [2.45, 2.75) is 44.9 Å². The number of halogens is 2. The van der Waals surface area contributed by atoms with Crippen molar-refractivity contribution in [3.8, 4) is 0 Å². The number of aromatic nitrogens is 1. The van der Waals surface area contributed by atoms with Gasteiger partial charge in [-0.15, -0.1) is 0 Å². The molecular weight excluding hydrogens is 489 g/mol. The number of rotatable bonds is 7. The number of ketones is 1. The first-order chi connectivity index (χ1) is 17.5. The van der Waals surface area contributed by atoms with E-state index >= 15 is 0 Å². The minimum absolute atomic E-state index is 0.0420. The highest BCUT2D eigenvalue weighted by Crippen LogP contribution is 2.35. The van der Waals surface area contributed by atoms with Crippen molar-refractivity contribution in [1.82, 2.24) is 14.8 Å². The molecule has 0 bridgehead atoms. The van der Waals surface area contributed by atoms with Crippen molar-refractivity contribution in [2.75, 3.05) is 32.7 Å². The van der Waals surface area contributed by atoms with Gasteiger partial charge in [0.2, 0.25) is 0 Å². The van der Waals surface area contributed by atoms with Gasteiger partial charge >= 0.3 is 0 Å². The second kappa shape index (κ2) is 11.4. The van der Waals surface area contributed by atoms with Crippen LogP contribution in [0.15, 0.2) is 54.9 Å². The number of carbonyl (C=O) groups excluding carboxylic acids is 1. The van der Waals surface area contributed by atoms with Gasteiger partial charge in [0.05, 0.1) is 10.0 Å². The molecule has 2 aliphatic rings. The summed E-state index contributed by atoms with van der Waals surface area (Å²) in [4.78, 5) is 21.0. The number of nitrogens with one attached hydrogen (secondary N) is 1. The van der Waals surface area contributed by atoms with Crippen molar-refractivity contribution in [3.05, 3.63) is 81.6 Å². The largest absolute Gasteiger partial charge is 0.377 e. The number of para-hydroxylation sites is 1. The highest BCUT2D eigenvalue weighted by Gasteiger charge is 2.26. The molecule has 5 rings (SSSR count). The topological polar surface area (TPSA) is 39.3 Å². The number of allylic oxidation sites excluding steroid dienone is 1. The van der Waals surface area contributed by atoms with Gasteiger partial charge in [0.25, 0.3) is 0 Å². The summed E-state index contributed by atoms with van der Waals surface area (Å²) >= 11 is 12.0. The fraction of sp³-hybridized carbons (Fsp3) is 0.433. The van der Waals surface area contributed by atoms with Crippen LogP contribution in [0.5, 0.6) is 0 Å². The van der Waals surface area contributed by atoms with Gasteiger partial charge in [0.15, 0.2) is 5.78 Å². The second-order valence-electron chi connectivity index (χ2n) is 10.3. The molecule has 0 radical (unpaired) electrons. The van der Waals surface area contributed by atoms with Crippen LogP contribution in [0.3, 0.4) is 0 Å². The number of piperidine rings is 2. The van der Waals surface area contributed by atoms with E-state index < -0.39 is 0 Å². The Kier molecular flexibility index (Phi) is 8.05. The van der Waals surface area contributed by atoms with Crippen LogP contribution < -0.4 is 0 Å². The van der Waals surface area contributed by atoms with Gasteiger partial charge in [-0.3, -0.25) is 4.79 Å². The van der Waals surface area contributed by atoms with Gasteiger partial charge in [-0.25, -0.2) is 0 Å². The molecule has 2 aliphatic heterocycles. The number of H-pyrrole nitrogens is 1. The Morgan fingerprint density at radius 2 is 1.81 bits per heavy atom. The van der Waals surface area contributed by atoms with Crippen molar-refractivity contribution >= 4 is 39.9 Å². The zero-order valence-corrected chi connectivity index (χ0v) is 22.5. The quantitative estimate of drug-likeness (QED) is 0.260. The summed E-state index contributed by atoms with van der Waals surface area (Å²) in [5.74, 6) is 1.35. The summed E-state index contributed by atoms with van der Waals surface area (Å²) in [7, 11) is 0. The summed E-state index contributed by atoms with van der Waals surface area (Å²) in [6.07, 6.45) is 11.7. The summed E-state index contributed by atoms with van der Waals surface area (Å²) in [5, 5.41) is 2.30. The standard InChI is InChI=1S/C30H35Cl2N3O/c1-2-22-4-3-5-25-26(19-33-30(22)25)23-10-15-35(16-11-23)20-21-8-13-34(14-9-21)17-12-29(36)24-6-7-27(31)28(32)18-24/h3-7,12,17-19,21,23,33H,2,8-11,13-16,20H2,1H3/b17-12+. The van der Waals surface area contributed by atoms with Crippen LogP contribution in [-0.2, 0) is 6.42 Å². The van der Waals surface area contributed by atoms with E-state index in [2.05, 4.69) is 46.1 Å². The number of fused-ring (bicyclic) bond motifs is 1. The van der Waals surface area contributed by atoms with Gasteiger partial charge in [-0.2, -0.15) is 0 Å². The van der Waals surface area contributed by atoms with Crippen molar-refractivity contribution in [1.29, 1.82) is 0 Å². The SMILES string of the molecule is CCc1cccc2c(C3CCN(CC4CCN(/C=C/C(=O)c5ccc(Cl)c(Cl)c5)CC4)CC3)c[nH]c12. The first-order valence-electron chi connectivity index (χ1n) is 13.2. The number of likely N-dealkylation sites (tertiary alicyclic amines) is 2. The predicted octanol–water partition coefficient (Wildman–Crippen LogP) is 7.33. The predicted molar refractivity (Wildman–Crippen MR) is 150 cm³/mol. The van der Waals surface area contributed by atoms with Gasteiger partial charge < -0.3 is 14.8 Å². The molecule has 0 saturated carbocycles. The molecule has 2 saturated heterocycles. The molecule has 0 atom stereocenters. The summed E-state index contributed by atoms with van der Waals surface area (Å²) in [5.41, 5.74) is 4.82. The Morgan fingerprint density at radius 1 is 1.03 bits per heavy atom. The van der Waals surface area contributed by atoms with Crippen LogP contribution in [0.25, 0.3) is 10.9 Å². The fourth-order valence-corrected chi connectivity index (χ4v) is 6.16. The Bertz CT molecular complexity index is 1230. The molecule has 0 amide bonds. The lowest BCUT2D eigenvalue weighted by Crippen LogP contribution is -2.40. The molecule has 2 aromatic carbocycles. The van der Waals surface area contributed by atoms with E-state index in [0.29, 0.717) is 21.5 Å². The van der Waals surface area contributed by atoms with E-state index in [1.165, 1.54) is 67.3 Å². The van der Waals surface area contributed by atoms with E-state index in [9.17, 15) is 4.79 Å². The maximum atomic E-state index is 12.5. The number of aryl methyl sites for hydroxylation is 1. The molecule has 4 nitrogen and oxygen atoms in total. The Labute approximate surface area is 224 Å². The zero-order chi connectivity index (χ0) is 25.1. The molecule has 2 fully saturated rings. The molecule has 3 aromatic rings. The number of hydrogen-bond donors (Lipinski definition) is 1. The van der Waals surface area contributed by atoms with Crippen molar-refractivity contribution in [3.63, 3.8) is 0 Å². The third-order valence-electron chi connectivity index (χ3n) is 8.05. The third kappa shape index (κ3) is 5.66. The first kappa shape index (κ1) is 25.4. The smallest absolute Gasteiger partial charge is 0.187 e. The lowest BCUT2D eigenvalue weighted by molar-refractivity contribution is 0.104. The van der Waals surface area contributed by atoms with Crippen LogP contribution >= 0.6 is 23.2 Å². The van der Waals surface area contributed by atoms with Gasteiger partial charge in [0.1, 0.15) is 0 Å². The average molecular weight is 525 g/mol. The molecular formula is C30H35Cl2N3O. The van der Waals surface area contributed by atoms with E-state index in [1.807, 2.05) is 6.20 Å². The number of benzene rings is 2. The maximum Gasteiger partial charge on any atom is 0.187 e. The van der Waals surface area contributed by atoms with E-state index in [4.69, 9.17) is 23.2 Å². The Morgan fingerprint density at radius 3 is 2.53 bits per heavy atom. The number of aromatic amines is 1. The van der Waals surface area contributed by atoms with Gasteiger partial charge in [0, 0.05) is 54.6 Å². The van der Waals surface area contributed by atoms with Gasteiger partial charge in [-0.1, -0.05) is 48.3 Å². The van der Waals surface area contributed by atoms with Crippen molar-refractivity contribution in [2.24, 2.45) is 5.92 Å². The molecule has 190 valence electrons.